The standard InChI is InChI=1S/C10H7F3N4O/c11-6-2-1-5(8(12)9(6)13)10(18)14-3-7-15-4-16-17-7/h1-2,4H,3H2,(H,14,18)(H,15,16,17). The van der Waals surface area contributed by atoms with Gasteiger partial charge in [-0.1, -0.05) is 0 Å². The highest BCUT2D eigenvalue weighted by Crippen LogP contribution is 2.14. The monoisotopic (exact) mass is 256 g/mol. The van der Waals surface area contributed by atoms with Crippen LogP contribution in [0, 0.1) is 17.5 Å². The van der Waals surface area contributed by atoms with Crippen molar-refractivity contribution in [3.05, 3.63) is 47.3 Å². The van der Waals surface area contributed by atoms with E-state index in [4.69, 9.17) is 0 Å². The van der Waals surface area contributed by atoms with E-state index in [1.165, 1.54) is 6.33 Å². The van der Waals surface area contributed by atoms with Gasteiger partial charge >= 0.3 is 0 Å². The van der Waals surface area contributed by atoms with E-state index < -0.39 is 28.9 Å². The average molecular weight is 256 g/mol. The molecule has 0 spiro atoms. The molecular formula is C10H7F3N4O. The molecule has 0 atom stereocenters. The van der Waals surface area contributed by atoms with Gasteiger partial charge in [-0.15, -0.1) is 0 Å². The van der Waals surface area contributed by atoms with E-state index in [1.54, 1.807) is 0 Å². The summed E-state index contributed by atoms with van der Waals surface area (Å²) in [6, 6.07) is 1.55. The van der Waals surface area contributed by atoms with E-state index in [1.807, 2.05) is 0 Å². The maximum atomic E-state index is 13.3. The zero-order chi connectivity index (χ0) is 13.1. The lowest BCUT2D eigenvalue weighted by atomic mass is 10.2. The van der Waals surface area contributed by atoms with Gasteiger partial charge in [0.15, 0.2) is 17.5 Å². The van der Waals surface area contributed by atoms with Crippen LogP contribution in [0.3, 0.4) is 0 Å². The Morgan fingerprint density at radius 1 is 1.28 bits per heavy atom. The minimum Gasteiger partial charge on any atom is -0.345 e. The summed E-state index contributed by atoms with van der Waals surface area (Å²) in [6.45, 7) is -0.0305. The number of carbonyl (C=O) groups is 1. The van der Waals surface area contributed by atoms with E-state index in [2.05, 4.69) is 20.5 Å². The van der Waals surface area contributed by atoms with Crippen molar-refractivity contribution < 1.29 is 18.0 Å². The number of nitrogens with zero attached hydrogens (tertiary/aromatic N) is 2. The van der Waals surface area contributed by atoms with Gasteiger partial charge in [0, 0.05) is 0 Å². The molecule has 0 aliphatic heterocycles. The minimum atomic E-state index is -1.68. The molecule has 1 aromatic heterocycles. The molecule has 2 N–H and O–H groups in total. The average Bonchev–Trinajstić information content (AvgIpc) is 2.86. The fraction of sp³-hybridized carbons (Fsp3) is 0.100. The molecule has 94 valence electrons. The van der Waals surface area contributed by atoms with Crippen LogP contribution in [0.1, 0.15) is 16.2 Å². The number of rotatable bonds is 3. The highest BCUT2D eigenvalue weighted by atomic mass is 19.2. The summed E-state index contributed by atoms with van der Waals surface area (Å²) in [5, 5.41) is 8.31. The van der Waals surface area contributed by atoms with Crippen molar-refractivity contribution in [2.45, 2.75) is 6.54 Å². The molecule has 8 heteroatoms. The van der Waals surface area contributed by atoms with Crippen molar-refractivity contribution in [3.63, 3.8) is 0 Å². The Hall–Kier alpha value is -2.38. The third kappa shape index (κ3) is 2.31. The van der Waals surface area contributed by atoms with Crippen LogP contribution in [0.25, 0.3) is 0 Å². The highest BCUT2D eigenvalue weighted by Gasteiger charge is 2.18. The van der Waals surface area contributed by atoms with Crippen molar-refractivity contribution in [1.82, 2.24) is 20.5 Å². The molecule has 0 aliphatic carbocycles. The van der Waals surface area contributed by atoms with Crippen molar-refractivity contribution in [1.29, 1.82) is 0 Å². The van der Waals surface area contributed by atoms with Crippen LogP contribution in [0.4, 0.5) is 13.2 Å². The number of hydrogen-bond donors (Lipinski definition) is 2. The molecule has 0 saturated heterocycles. The van der Waals surface area contributed by atoms with E-state index in [-0.39, 0.29) is 6.54 Å². The van der Waals surface area contributed by atoms with Crippen molar-refractivity contribution in [2.75, 3.05) is 0 Å². The number of aromatic amines is 1. The van der Waals surface area contributed by atoms with Gasteiger partial charge in [-0.2, -0.15) is 5.10 Å². The van der Waals surface area contributed by atoms with Gasteiger partial charge in [0.2, 0.25) is 0 Å². The molecule has 1 heterocycles. The number of nitrogens with one attached hydrogen (secondary N) is 2. The molecule has 2 rings (SSSR count). The van der Waals surface area contributed by atoms with Crippen molar-refractivity contribution >= 4 is 5.91 Å². The van der Waals surface area contributed by atoms with Gasteiger partial charge in [-0.25, -0.2) is 18.2 Å². The predicted molar refractivity (Wildman–Crippen MR) is 53.9 cm³/mol. The molecule has 0 aliphatic rings. The lowest BCUT2D eigenvalue weighted by molar-refractivity contribution is 0.0944. The molecule has 0 unspecified atom stereocenters. The Balaban J connectivity index is 2.12. The second-order valence-corrected chi connectivity index (χ2v) is 3.34. The maximum Gasteiger partial charge on any atom is 0.254 e. The second-order valence-electron chi connectivity index (χ2n) is 3.34. The first-order chi connectivity index (χ1) is 8.59. The number of carbonyl (C=O) groups excluding carboxylic acids is 1. The highest BCUT2D eigenvalue weighted by molar-refractivity contribution is 5.94. The molecule has 1 aromatic carbocycles. The molecular weight excluding hydrogens is 249 g/mol. The van der Waals surface area contributed by atoms with E-state index >= 15 is 0 Å². The largest absolute Gasteiger partial charge is 0.345 e. The van der Waals surface area contributed by atoms with Crippen LogP contribution in [0.2, 0.25) is 0 Å². The van der Waals surface area contributed by atoms with Crippen LogP contribution in [-0.2, 0) is 6.54 Å². The molecule has 5 nitrogen and oxygen atoms in total. The number of halogens is 3. The number of hydrogen-bond acceptors (Lipinski definition) is 3. The summed E-state index contributed by atoms with van der Waals surface area (Å²) >= 11 is 0. The Bertz CT molecular complexity index is 571. The Morgan fingerprint density at radius 3 is 2.72 bits per heavy atom. The first-order valence-electron chi connectivity index (χ1n) is 4.85. The third-order valence-electron chi connectivity index (χ3n) is 2.16. The summed E-state index contributed by atoms with van der Waals surface area (Å²) in [5.74, 6) is -5.07. The van der Waals surface area contributed by atoms with Crippen LogP contribution < -0.4 is 5.32 Å². The normalized spacial score (nSPS) is 10.4. The fourth-order valence-corrected chi connectivity index (χ4v) is 1.28. The van der Waals surface area contributed by atoms with Gasteiger partial charge in [-0.3, -0.25) is 9.89 Å². The molecule has 0 fully saturated rings. The lowest BCUT2D eigenvalue weighted by Gasteiger charge is -2.05. The summed E-state index contributed by atoms with van der Waals surface area (Å²) in [4.78, 5) is 15.2. The molecule has 18 heavy (non-hydrogen) atoms. The first-order valence-corrected chi connectivity index (χ1v) is 4.85. The minimum absolute atomic E-state index is 0.0305. The van der Waals surface area contributed by atoms with Gasteiger partial charge < -0.3 is 5.32 Å². The molecule has 2 aromatic rings. The van der Waals surface area contributed by atoms with Gasteiger partial charge in [-0.05, 0) is 12.1 Å². The van der Waals surface area contributed by atoms with Crippen LogP contribution in [-0.4, -0.2) is 21.1 Å². The first kappa shape index (κ1) is 12.1. The Labute approximate surface area is 99.0 Å². The van der Waals surface area contributed by atoms with Crippen molar-refractivity contribution in [3.8, 4) is 0 Å². The van der Waals surface area contributed by atoms with Gasteiger partial charge in [0.1, 0.15) is 12.2 Å². The number of benzene rings is 1. The lowest BCUT2D eigenvalue weighted by Crippen LogP contribution is -2.25. The molecule has 0 saturated carbocycles. The second kappa shape index (κ2) is 4.86. The summed E-state index contributed by atoms with van der Waals surface area (Å²) in [5.41, 5.74) is -0.576. The zero-order valence-corrected chi connectivity index (χ0v) is 8.88. The summed E-state index contributed by atoms with van der Waals surface area (Å²) < 4.78 is 38.8. The van der Waals surface area contributed by atoms with E-state index in [0.29, 0.717) is 11.9 Å². The molecule has 0 radical (unpaired) electrons. The van der Waals surface area contributed by atoms with Crippen LogP contribution >= 0.6 is 0 Å². The summed E-state index contributed by atoms with van der Waals surface area (Å²) in [7, 11) is 0. The van der Waals surface area contributed by atoms with Gasteiger partial charge in [0.25, 0.3) is 5.91 Å². The third-order valence-corrected chi connectivity index (χ3v) is 2.16. The maximum absolute atomic E-state index is 13.3. The predicted octanol–water partition coefficient (Wildman–Crippen LogP) is 1.15. The molecule has 0 bridgehead atoms. The number of amides is 1. The SMILES string of the molecule is O=C(NCc1ncn[nH]1)c1ccc(F)c(F)c1F. The Kier molecular flexibility index (Phi) is 3.26. The van der Waals surface area contributed by atoms with Crippen molar-refractivity contribution in [2.24, 2.45) is 0 Å². The van der Waals surface area contributed by atoms with Crippen LogP contribution in [0.15, 0.2) is 18.5 Å². The van der Waals surface area contributed by atoms with Crippen LogP contribution in [0.5, 0.6) is 0 Å². The summed E-state index contributed by atoms with van der Waals surface area (Å²) in [6.07, 6.45) is 1.24. The Morgan fingerprint density at radius 2 is 2.06 bits per heavy atom. The molecule has 1 amide bonds. The topological polar surface area (TPSA) is 70.7 Å². The smallest absolute Gasteiger partial charge is 0.254 e. The number of aromatic nitrogens is 3. The zero-order valence-electron chi connectivity index (χ0n) is 8.88. The quantitative estimate of drug-likeness (QED) is 0.809. The fourth-order valence-electron chi connectivity index (χ4n) is 1.28. The number of H-pyrrole nitrogens is 1. The van der Waals surface area contributed by atoms with Gasteiger partial charge in [0.05, 0.1) is 12.1 Å². The van der Waals surface area contributed by atoms with E-state index in [9.17, 15) is 18.0 Å². The van der Waals surface area contributed by atoms with E-state index in [0.717, 1.165) is 6.07 Å².